The van der Waals surface area contributed by atoms with Crippen molar-refractivity contribution in [1.29, 1.82) is 0 Å². The second-order valence-electron chi connectivity index (χ2n) is 6.84. The highest BCUT2D eigenvalue weighted by Gasteiger charge is 2.29. The number of aromatic nitrogens is 2. The Hall–Kier alpha value is -2.66. The van der Waals surface area contributed by atoms with Crippen molar-refractivity contribution in [2.75, 3.05) is 0 Å². The highest BCUT2D eigenvalue weighted by atomic mass is 35.5. The summed E-state index contributed by atoms with van der Waals surface area (Å²) in [6, 6.07) is 16.9. The summed E-state index contributed by atoms with van der Waals surface area (Å²) in [5.41, 5.74) is 1.92. The van der Waals surface area contributed by atoms with Crippen LogP contribution in [0, 0.1) is 5.92 Å². The Bertz CT molecular complexity index is 905. The fraction of sp³-hybridized carbons (Fsp3) is 0.286. The molecule has 1 amide bonds. The standard InChI is InChI=1S/C21H20ClN3O2/c22-17-11-9-15(10-12-17)19-24-21(27-25-19)18(13-14-5-2-1-3-6-14)23-20(26)16-7-4-8-16/h1-3,5-6,9-12,16,18H,4,7-8,13H2,(H,23,26)/t18-/m0/s1. The second kappa shape index (κ2) is 7.92. The monoisotopic (exact) mass is 381 g/mol. The average molecular weight is 382 g/mol. The van der Waals surface area contributed by atoms with Crippen molar-refractivity contribution in [1.82, 2.24) is 15.5 Å². The number of nitrogens with zero attached hydrogens (tertiary/aromatic N) is 2. The summed E-state index contributed by atoms with van der Waals surface area (Å²) in [5.74, 6) is 1.06. The normalized spacial score (nSPS) is 15.1. The molecule has 0 bridgehead atoms. The molecule has 1 aliphatic carbocycles. The van der Waals surface area contributed by atoms with Gasteiger partial charge >= 0.3 is 0 Å². The highest BCUT2D eigenvalue weighted by molar-refractivity contribution is 6.30. The molecular formula is C21H20ClN3O2. The molecular weight excluding hydrogens is 362 g/mol. The molecule has 1 aliphatic rings. The minimum atomic E-state index is -0.353. The molecule has 4 rings (SSSR count). The van der Waals surface area contributed by atoms with E-state index in [1.165, 1.54) is 0 Å². The van der Waals surface area contributed by atoms with Crippen LogP contribution in [0.4, 0.5) is 0 Å². The molecule has 0 unspecified atom stereocenters. The predicted molar refractivity (Wildman–Crippen MR) is 103 cm³/mol. The van der Waals surface area contributed by atoms with Crippen molar-refractivity contribution in [3.05, 3.63) is 71.1 Å². The maximum absolute atomic E-state index is 12.5. The number of carbonyl (C=O) groups is 1. The molecule has 5 nitrogen and oxygen atoms in total. The van der Waals surface area contributed by atoms with Crippen LogP contribution in [0.15, 0.2) is 59.1 Å². The molecule has 0 radical (unpaired) electrons. The van der Waals surface area contributed by atoms with E-state index in [2.05, 4.69) is 15.5 Å². The van der Waals surface area contributed by atoms with Gasteiger partial charge in [0, 0.05) is 22.9 Å². The average Bonchev–Trinajstić information content (AvgIpc) is 3.11. The smallest absolute Gasteiger partial charge is 0.249 e. The number of rotatable bonds is 6. The number of amides is 1. The summed E-state index contributed by atoms with van der Waals surface area (Å²) in [4.78, 5) is 17.0. The van der Waals surface area contributed by atoms with E-state index in [0.29, 0.717) is 23.2 Å². The van der Waals surface area contributed by atoms with Crippen molar-refractivity contribution in [2.45, 2.75) is 31.7 Å². The van der Waals surface area contributed by atoms with Gasteiger partial charge < -0.3 is 9.84 Å². The van der Waals surface area contributed by atoms with E-state index in [4.69, 9.17) is 16.1 Å². The molecule has 1 atom stereocenters. The van der Waals surface area contributed by atoms with Crippen LogP contribution in [0.2, 0.25) is 5.02 Å². The zero-order valence-electron chi connectivity index (χ0n) is 14.8. The van der Waals surface area contributed by atoms with E-state index in [1.54, 1.807) is 12.1 Å². The number of hydrogen-bond acceptors (Lipinski definition) is 4. The van der Waals surface area contributed by atoms with Crippen LogP contribution >= 0.6 is 11.6 Å². The van der Waals surface area contributed by atoms with Crippen molar-refractivity contribution in [3.8, 4) is 11.4 Å². The fourth-order valence-corrected chi connectivity index (χ4v) is 3.23. The van der Waals surface area contributed by atoms with E-state index >= 15 is 0 Å². The van der Waals surface area contributed by atoms with Crippen LogP contribution in [0.3, 0.4) is 0 Å². The third-order valence-electron chi connectivity index (χ3n) is 4.92. The molecule has 1 heterocycles. The van der Waals surface area contributed by atoms with Crippen LogP contribution in [-0.2, 0) is 11.2 Å². The Morgan fingerprint density at radius 1 is 1.15 bits per heavy atom. The van der Waals surface area contributed by atoms with Crippen molar-refractivity contribution in [2.24, 2.45) is 5.92 Å². The van der Waals surface area contributed by atoms with E-state index in [9.17, 15) is 4.79 Å². The molecule has 27 heavy (non-hydrogen) atoms. The first-order valence-electron chi connectivity index (χ1n) is 9.13. The summed E-state index contributed by atoms with van der Waals surface area (Å²) in [5, 5.41) is 7.84. The lowest BCUT2D eigenvalue weighted by Gasteiger charge is -2.26. The number of carbonyl (C=O) groups excluding carboxylic acids is 1. The Balaban J connectivity index is 1.57. The lowest BCUT2D eigenvalue weighted by atomic mass is 9.84. The lowest BCUT2D eigenvalue weighted by molar-refractivity contribution is -0.128. The van der Waals surface area contributed by atoms with Crippen LogP contribution in [0.25, 0.3) is 11.4 Å². The quantitative estimate of drug-likeness (QED) is 0.678. The minimum Gasteiger partial charge on any atom is -0.344 e. The molecule has 1 saturated carbocycles. The summed E-state index contributed by atoms with van der Waals surface area (Å²) < 4.78 is 5.51. The van der Waals surface area contributed by atoms with Crippen LogP contribution in [0.1, 0.15) is 36.8 Å². The van der Waals surface area contributed by atoms with Crippen molar-refractivity contribution >= 4 is 17.5 Å². The molecule has 0 aliphatic heterocycles. The Morgan fingerprint density at radius 3 is 2.56 bits per heavy atom. The van der Waals surface area contributed by atoms with E-state index in [-0.39, 0.29) is 17.9 Å². The van der Waals surface area contributed by atoms with Gasteiger partial charge in [-0.15, -0.1) is 0 Å². The molecule has 1 aromatic heterocycles. The van der Waals surface area contributed by atoms with Gasteiger partial charge in [0.15, 0.2) is 0 Å². The van der Waals surface area contributed by atoms with Gasteiger partial charge in [-0.2, -0.15) is 4.98 Å². The molecule has 138 valence electrons. The minimum absolute atomic E-state index is 0.0634. The topological polar surface area (TPSA) is 68.0 Å². The van der Waals surface area contributed by atoms with Gasteiger partial charge in [0.2, 0.25) is 17.6 Å². The molecule has 6 heteroatoms. The van der Waals surface area contributed by atoms with Gasteiger partial charge in [-0.25, -0.2) is 0 Å². The number of hydrogen-bond donors (Lipinski definition) is 1. The summed E-state index contributed by atoms with van der Waals surface area (Å²) in [7, 11) is 0. The van der Waals surface area contributed by atoms with Gasteiger partial charge in [-0.05, 0) is 42.7 Å². The first kappa shape index (κ1) is 17.7. The van der Waals surface area contributed by atoms with Gasteiger partial charge in [-0.3, -0.25) is 4.79 Å². The van der Waals surface area contributed by atoms with Gasteiger partial charge in [-0.1, -0.05) is 53.5 Å². The number of nitrogens with one attached hydrogen (secondary N) is 1. The highest BCUT2D eigenvalue weighted by Crippen LogP contribution is 2.28. The van der Waals surface area contributed by atoms with E-state index in [1.807, 2.05) is 42.5 Å². The SMILES string of the molecule is O=C(N[C@@H](Cc1ccccc1)c1nc(-c2ccc(Cl)cc2)no1)C1CCC1. The molecule has 0 saturated heterocycles. The van der Waals surface area contributed by atoms with Gasteiger partial charge in [0.05, 0.1) is 0 Å². The van der Waals surface area contributed by atoms with Crippen molar-refractivity contribution < 1.29 is 9.32 Å². The fourth-order valence-electron chi connectivity index (χ4n) is 3.10. The van der Waals surface area contributed by atoms with Gasteiger partial charge in [0.25, 0.3) is 0 Å². The van der Waals surface area contributed by atoms with Crippen LogP contribution in [0.5, 0.6) is 0 Å². The first-order chi connectivity index (χ1) is 13.2. The largest absolute Gasteiger partial charge is 0.344 e. The van der Waals surface area contributed by atoms with Crippen molar-refractivity contribution in [3.63, 3.8) is 0 Å². The Kier molecular flexibility index (Phi) is 5.21. The van der Waals surface area contributed by atoms with E-state index in [0.717, 1.165) is 30.4 Å². The molecule has 3 aromatic rings. The third-order valence-corrected chi connectivity index (χ3v) is 5.17. The summed E-state index contributed by atoms with van der Waals surface area (Å²) in [6.07, 6.45) is 3.61. The predicted octanol–water partition coefficient (Wildman–Crippen LogP) is 4.59. The Labute approximate surface area is 162 Å². The zero-order chi connectivity index (χ0) is 18.6. The van der Waals surface area contributed by atoms with Crippen LogP contribution in [-0.4, -0.2) is 16.0 Å². The third kappa shape index (κ3) is 4.19. The van der Waals surface area contributed by atoms with E-state index < -0.39 is 0 Å². The van der Waals surface area contributed by atoms with Crippen LogP contribution < -0.4 is 5.32 Å². The molecule has 0 spiro atoms. The summed E-state index contributed by atoms with van der Waals surface area (Å²) in [6.45, 7) is 0. The molecule has 2 aromatic carbocycles. The molecule has 1 fully saturated rings. The zero-order valence-corrected chi connectivity index (χ0v) is 15.5. The molecule has 1 N–H and O–H groups in total. The number of benzene rings is 2. The lowest BCUT2D eigenvalue weighted by Crippen LogP contribution is -2.37. The number of halogens is 1. The maximum Gasteiger partial charge on any atom is 0.249 e. The first-order valence-corrected chi connectivity index (χ1v) is 9.50. The Morgan fingerprint density at radius 2 is 1.89 bits per heavy atom. The maximum atomic E-state index is 12.5. The summed E-state index contributed by atoms with van der Waals surface area (Å²) >= 11 is 5.94. The van der Waals surface area contributed by atoms with Gasteiger partial charge in [0.1, 0.15) is 6.04 Å². The second-order valence-corrected chi connectivity index (χ2v) is 7.28.